The fraction of sp³-hybridized carbons (Fsp3) is 0.613. The first kappa shape index (κ1) is 76.0. The molecule has 0 amide bonds. The lowest BCUT2D eigenvalue weighted by Crippen LogP contribution is -2.30. The molecular formula is C75H120O6. The summed E-state index contributed by atoms with van der Waals surface area (Å²) in [5.74, 6) is -0.922. The second kappa shape index (κ2) is 67.5. The molecule has 0 fully saturated rings. The van der Waals surface area contributed by atoms with E-state index >= 15 is 0 Å². The van der Waals surface area contributed by atoms with Gasteiger partial charge in [-0.3, -0.25) is 14.4 Å². The van der Waals surface area contributed by atoms with Crippen molar-refractivity contribution in [1.82, 2.24) is 0 Å². The number of ether oxygens (including phenoxy) is 3. The molecule has 0 rings (SSSR count). The summed E-state index contributed by atoms with van der Waals surface area (Å²) >= 11 is 0. The van der Waals surface area contributed by atoms with Crippen LogP contribution in [0.5, 0.6) is 0 Å². The van der Waals surface area contributed by atoms with Gasteiger partial charge in [-0.1, -0.05) is 288 Å². The molecule has 0 aromatic carbocycles. The molecule has 0 aliphatic carbocycles. The van der Waals surface area contributed by atoms with Gasteiger partial charge >= 0.3 is 17.9 Å². The van der Waals surface area contributed by atoms with Crippen molar-refractivity contribution in [2.24, 2.45) is 0 Å². The van der Waals surface area contributed by atoms with E-state index in [1.54, 1.807) is 0 Å². The zero-order valence-electron chi connectivity index (χ0n) is 52.2. The van der Waals surface area contributed by atoms with Crippen molar-refractivity contribution in [1.29, 1.82) is 0 Å². The fourth-order valence-electron chi connectivity index (χ4n) is 8.66. The molecule has 0 aliphatic rings. The predicted octanol–water partition coefficient (Wildman–Crippen LogP) is 22.9. The van der Waals surface area contributed by atoms with Gasteiger partial charge < -0.3 is 14.2 Å². The molecule has 81 heavy (non-hydrogen) atoms. The third kappa shape index (κ3) is 65.7. The SMILES string of the molecule is CC/C=C\C/C=C\C/C=C\C/C=C\C/C=C\C/C=C\C/C=C\C/C=C\CCCCCCCCC(=O)OCC(COC(=O)CCCCCCCCCCC)OC(=O)CCCCCCCCC/C=C\C/C=C\C/C=C\C/C=C\C/C=C\CC. The Labute approximate surface area is 499 Å². The number of carbonyl (C=O) groups is 3. The molecule has 6 heteroatoms. The second-order valence-corrected chi connectivity index (χ2v) is 21.3. The molecule has 0 saturated carbocycles. The monoisotopic (exact) mass is 1120 g/mol. The van der Waals surface area contributed by atoms with Crippen LogP contribution in [0.3, 0.4) is 0 Å². The topological polar surface area (TPSA) is 78.9 Å². The van der Waals surface area contributed by atoms with Crippen molar-refractivity contribution in [3.05, 3.63) is 158 Å². The van der Waals surface area contributed by atoms with Gasteiger partial charge in [0.15, 0.2) is 6.10 Å². The quantitative estimate of drug-likeness (QED) is 0.0261. The van der Waals surface area contributed by atoms with Gasteiger partial charge in [-0.05, 0) is 128 Å². The highest BCUT2D eigenvalue weighted by Gasteiger charge is 2.19. The normalized spacial score (nSPS) is 13.2. The highest BCUT2D eigenvalue weighted by Crippen LogP contribution is 2.15. The standard InChI is InChI=1S/C75H120O6/c1-4-7-10-13-16-19-21-23-25-27-29-31-33-34-35-36-37-38-39-40-42-43-45-47-49-51-53-56-59-62-65-68-74(77)80-71-72(70-79-73(76)67-64-61-58-55-18-15-12-9-6-3)81-75(78)69-66-63-60-57-54-52-50-48-46-44-41-32-30-28-26-24-22-20-17-14-11-8-5-2/h7-8,10-11,16-17,19-20,23-26,29-32,34-35,37-38,40,42,44-47,72H,4-6,9,12-15,18,21-22,27-28,33,36,39,41,43,48-71H2,1-3H3/b10-7-,11-8-,19-16-,20-17-,25-23-,26-24-,31-29-,32-30-,35-34-,38-37-,42-40-,46-44-,47-45-. The van der Waals surface area contributed by atoms with Gasteiger partial charge in [0.1, 0.15) is 13.2 Å². The van der Waals surface area contributed by atoms with Crippen LogP contribution < -0.4 is 0 Å². The molecule has 0 saturated heterocycles. The third-order valence-corrected chi connectivity index (χ3v) is 13.5. The average molecular weight is 1120 g/mol. The third-order valence-electron chi connectivity index (χ3n) is 13.5. The van der Waals surface area contributed by atoms with Crippen molar-refractivity contribution in [2.45, 2.75) is 284 Å². The van der Waals surface area contributed by atoms with Gasteiger partial charge in [0, 0.05) is 19.3 Å². The van der Waals surface area contributed by atoms with Gasteiger partial charge in [-0.2, -0.15) is 0 Å². The number of hydrogen-bond donors (Lipinski definition) is 0. The Bertz CT molecular complexity index is 1810. The Morgan fingerprint density at radius 1 is 0.259 bits per heavy atom. The number of allylic oxidation sites excluding steroid dienone is 26. The maximum atomic E-state index is 12.9. The Morgan fingerprint density at radius 3 is 0.753 bits per heavy atom. The minimum absolute atomic E-state index is 0.0914. The van der Waals surface area contributed by atoms with E-state index in [0.29, 0.717) is 19.3 Å². The molecule has 0 aliphatic heterocycles. The highest BCUT2D eigenvalue weighted by molar-refractivity contribution is 5.71. The molecule has 1 atom stereocenters. The van der Waals surface area contributed by atoms with Crippen LogP contribution in [-0.2, 0) is 28.6 Å². The smallest absolute Gasteiger partial charge is 0.306 e. The summed E-state index contributed by atoms with van der Waals surface area (Å²) in [6.45, 7) is 6.37. The Morgan fingerprint density at radius 2 is 0.481 bits per heavy atom. The maximum absolute atomic E-state index is 12.9. The molecule has 0 bridgehead atoms. The van der Waals surface area contributed by atoms with E-state index in [1.165, 1.54) is 70.6 Å². The molecule has 0 radical (unpaired) electrons. The van der Waals surface area contributed by atoms with E-state index in [-0.39, 0.29) is 31.1 Å². The van der Waals surface area contributed by atoms with Gasteiger partial charge in [-0.25, -0.2) is 0 Å². The molecule has 6 nitrogen and oxygen atoms in total. The Kier molecular flexibility index (Phi) is 63.4. The van der Waals surface area contributed by atoms with Crippen LogP contribution in [-0.4, -0.2) is 37.2 Å². The van der Waals surface area contributed by atoms with E-state index in [1.807, 2.05) is 0 Å². The van der Waals surface area contributed by atoms with E-state index in [9.17, 15) is 14.4 Å². The largest absolute Gasteiger partial charge is 0.462 e. The van der Waals surface area contributed by atoms with Crippen LogP contribution in [0.15, 0.2) is 158 Å². The number of rotatable bonds is 58. The van der Waals surface area contributed by atoms with Crippen LogP contribution in [0.2, 0.25) is 0 Å². The average Bonchev–Trinajstić information content (AvgIpc) is 3.47. The molecule has 1 unspecified atom stereocenters. The number of carbonyl (C=O) groups excluding carboxylic acids is 3. The van der Waals surface area contributed by atoms with E-state index in [0.717, 1.165) is 167 Å². The predicted molar refractivity (Wildman–Crippen MR) is 352 cm³/mol. The maximum Gasteiger partial charge on any atom is 0.306 e. The molecule has 0 aromatic heterocycles. The lowest BCUT2D eigenvalue weighted by atomic mass is 10.1. The van der Waals surface area contributed by atoms with Crippen molar-refractivity contribution in [3.63, 3.8) is 0 Å². The first-order valence-electron chi connectivity index (χ1n) is 33.0. The second-order valence-electron chi connectivity index (χ2n) is 21.3. The molecule has 0 aromatic rings. The van der Waals surface area contributed by atoms with Crippen LogP contribution >= 0.6 is 0 Å². The minimum Gasteiger partial charge on any atom is -0.462 e. The number of esters is 3. The summed E-state index contributed by atoms with van der Waals surface area (Å²) in [4.78, 5) is 38.2. The zero-order chi connectivity index (χ0) is 58.5. The molecule has 456 valence electrons. The summed E-state index contributed by atoms with van der Waals surface area (Å²) in [6, 6.07) is 0. The number of hydrogen-bond acceptors (Lipinski definition) is 6. The van der Waals surface area contributed by atoms with Crippen LogP contribution in [0, 0.1) is 0 Å². The summed E-state index contributed by atoms with van der Waals surface area (Å²) in [5, 5.41) is 0. The summed E-state index contributed by atoms with van der Waals surface area (Å²) in [6.07, 6.45) is 98.3. The minimum atomic E-state index is -0.796. The van der Waals surface area contributed by atoms with Crippen LogP contribution in [0.1, 0.15) is 278 Å². The van der Waals surface area contributed by atoms with Gasteiger partial charge in [-0.15, -0.1) is 0 Å². The van der Waals surface area contributed by atoms with E-state index in [2.05, 4.69) is 179 Å². The van der Waals surface area contributed by atoms with Crippen molar-refractivity contribution < 1.29 is 28.6 Å². The molecule has 0 N–H and O–H groups in total. The highest BCUT2D eigenvalue weighted by atomic mass is 16.6. The lowest BCUT2D eigenvalue weighted by Gasteiger charge is -2.18. The number of unbranched alkanes of at least 4 members (excludes halogenated alkanes) is 21. The fourth-order valence-corrected chi connectivity index (χ4v) is 8.66. The van der Waals surface area contributed by atoms with Gasteiger partial charge in [0.25, 0.3) is 0 Å². The molecule has 0 spiro atoms. The van der Waals surface area contributed by atoms with Crippen molar-refractivity contribution >= 4 is 17.9 Å². The Hall–Kier alpha value is -4.97. The molecule has 0 heterocycles. The summed E-state index contributed by atoms with van der Waals surface area (Å²) < 4.78 is 16.9. The first-order chi connectivity index (χ1) is 40.0. The summed E-state index contributed by atoms with van der Waals surface area (Å²) in [7, 11) is 0. The van der Waals surface area contributed by atoms with Crippen molar-refractivity contribution in [2.75, 3.05) is 13.2 Å². The van der Waals surface area contributed by atoms with Crippen LogP contribution in [0.4, 0.5) is 0 Å². The summed E-state index contributed by atoms with van der Waals surface area (Å²) in [5.41, 5.74) is 0. The van der Waals surface area contributed by atoms with E-state index in [4.69, 9.17) is 14.2 Å². The van der Waals surface area contributed by atoms with Crippen LogP contribution in [0.25, 0.3) is 0 Å². The van der Waals surface area contributed by atoms with Gasteiger partial charge in [0.05, 0.1) is 0 Å². The van der Waals surface area contributed by atoms with Crippen molar-refractivity contribution in [3.8, 4) is 0 Å². The first-order valence-corrected chi connectivity index (χ1v) is 33.0. The van der Waals surface area contributed by atoms with Gasteiger partial charge in [0.2, 0.25) is 0 Å². The molecular weight excluding hydrogens is 997 g/mol. The van der Waals surface area contributed by atoms with E-state index < -0.39 is 6.10 Å². The zero-order valence-corrected chi connectivity index (χ0v) is 52.2. The lowest BCUT2D eigenvalue weighted by molar-refractivity contribution is -0.167. The Balaban J connectivity index is 4.30.